The minimum absolute atomic E-state index is 0.301. The molecule has 1 heterocycles. The lowest BCUT2D eigenvalue weighted by Gasteiger charge is -2.14. The number of aryl methyl sites for hydroxylation is 2. The van der Waals surface area contributed by atoms with Crippen molar-refractivity contribution in [3.8, 4) is 0 Å². The second-order valence-corrected chi connectivity index (χ2v) is 5.95. The summed E-state index contributed by atoms with van der Waals surface area (Å²) in [4.78, 5) is 28.5. The topological polar surface area (TPSA) is 81.4 Å². The van der Waals surface area contributed by atoms with Crippen LogP contribution < -0.4 is 5.32 Å². The lowest BCUT2D eigenvalue weighted by molar-refractivity contribution is -0.123. The first kappa shape index (κ1) is 16.7. The molecule has 0 spiro atoms. The summed E-state index contributed by atoms with van der Waals surface area (Å²) >= 11 is 0. The second-order valence-electron chi connectivity index (χ2n) is 5.95. The van der Waals surface area contributed by atoms with Crippen molar-refractivity contribution >= 4 is 28.7 Å². The number of benzene rings is 2. The van der Waals surface area contributed by atoms with E-state index in [-0.39, 0.29) is 5.91 Å². The molecule has 1 N–H and O–H groups in total. The van der Waals surface area contributed by atoms with Crippen LogP contribution in [0.15, 0.2) is 47.2 Å². The zero-order valence-electron chi connectivity index (χ0n) is 14.2. The minimum atomic E-state index is -0.932. The van der Waals surface area contributed by atoms with Crippen molar-refractivity contribution in [3.63, 3.8) is 0 Å². The third kappa shape index (κ3) is 3.85. The van der Waals surface area contributed by atoms with E-state index in [0.29, 0.717) is 22.4 Å². The van der Waals surface area contributed by atoms with Crippen molar-refractivity contribution in [2.75, 3.05) is 5.32 Å². The highest BCUT2D eigenvalue weighted by Gasteiger charge is 2.20. The summed E-state index contributed by atoms with van der Waals surface area (Å²) in [5.74, 6) is -0.986. The molecule has 1 unspecified atom stereocenters. The summed E-state index contributed by atoms with van der Waals surface area (Å²) in [6.07, 6.45) is 0.374. The first-order valence-corrected chi connectivity index (χ1v) is 7.86. The fourth-order valence-electron chi connectivity index (χ4n) is 2.55. The van der Waals surface area contributed by atoms with E-state index in [9.17, 15) is 9.59 Å². The van der Waals surface area contributed by atoms with Gasteiger partial charge < -0.3 is 14.5 Å². The maximum atomic E-state index is 12.3. The standard InChI is InChI=1S/C19H18N2O4/c1-11-6-12(2)8-15(7-11)21-18(22)13(3)25-19(23)14-4-5-16-17(9-14)24-10-20-16/h4-10,13H,1-3H3,(H,21,22). The molecule has 1 aromatic heterocycles. The number of aromatic nitrogens is 1. The Morgan fingerprint density at radius 2 is 1.84 bits per heavy atom. The zero-order chi connectivity index (χ0) is 18.0. The van der Waals surface area contributed by atoms with Crippen LogP contribution >= 0.6 is 0 Å². The fourth-order valence-corrected chi connectivity index (χ4v) is 2.55. The van der Waals surface area contributed by atoms with Gasteiger partial charge in [-0.1, -0.05) is 6.07 Å². The van der Waals surface area contributed by atoms with E-state index in [4.69, 9.17) is 9.15 Å². The van der Waals surface area contributed by atoms with Crippen molar-refractivity contribution < 1.29 is 18.7 Å². The second kappa shape index (κ2) is 6.76. The maximum Gasteiger partial charge on any atom is 0.339 e. The third-order valence-electron chi connectivity index (χ3n) is 3.71. The summed E-state index contributed by atoms with van der Waals surface area (Å²) in [6, 6.07) is 10.5. The molecule has 0 radical (unpaired) electrons. The number of nitrogens with one attached hydrogen (secondary N) is 1. The minimum Gasteiger partial charge on any atom is -0.449 e. The van der Waals surface area contributed by atoms with Gasteiger partial charge in [-0.25, -0.2) is 9.78 Å². The number of rotatable bonds is 4. The van der Waals surface area contributed by atoms with Crippen molar-refractivity contribution in [3.05, 3.63) is 59.5 Å². The fraction of sp³-hybridized carbons (Fsp3) is 0.211. The van der Waals surface area contributed by atoms with Crippen LogP contribution in [0, 0.1) is 13.8 Å². The van der Waals surface area contributed by atoms with Crippen LogP contribution in [0.25, 0.3) is 11.1 Å². The van der Waals surface area contributed by atoms with Gasteiger partial charge in [-0.2, -0.15) is 0 Å². The number of carbonyl (C=O) groups is 2. The van der Waals surface area contributed by atoms with Crippen LogP contribution in [-0.4, -0.2) is 23.0 Å². The van der Waals surface area contributed by atoms with E-state index >= 15 is 0 Å². The van der Waals surface area contributed by atoms with Gasteiger partial charge in [0.1, 0.15) is 5.52 Å². The summed E-state index contributed by atoms with van der Waals surface area (Å²) in [6.45, 7) is 5.43. The third-order valence-corrected chi connectivity index (χ3v) is 3.71. The number of amides is 1. The Hall–Kier alpha value is -3.15. The lowest BCUT2D eigenvalue weighted by Crippen LogP contribution is -2.30. The molecular formula is C19H18N2O4. The SMILES string of the molecule is Cc1cc(C)cc(NC(=O)C(C)OC(=O)c2ccc3ncoc3c2)c1. The largest absolute Gasteiger partial charge is 0.449 e. The number of hydrogen-bond acceptors (Lipinski definition) is 5. The zero-order valence-corrected chi connectivity index (χ0v) is 14.2. The van der Waals surface area contributed by atoms with E-state index in [1.54, 1.807) is 18.2 Å². The Labute approximate surface area is 144 Å². The molecule has 1 atom stereocenters. The Morgan fingerprint density at radius 3 is 2.56 bits per heavy atom. The Bertz CT molecular complexity index is 925. The summed E-state index contributed by atoms with van der Waals surface area (Å²) < 4.78 is 10.4. The van der Waals surface area contributed by atoms with Gasteiger partial charge >= 0.3 is 5.97 Å². The monoisotopic (exact) mass is 338 g/mol. The maximum absolute atomic E-state index is 12.3. The molecule has 25 heavy (non-hydrogen) atoms. The van der Waals surface area contributed by atoms with E-state index in [1.165, 1.54) is 13.3 Å². The van der Waals surface area contributed by atoms with Crippen LogP contribution in [0.5, 0.6) is 0 Å². The molecule has 0 aliphatic rings. The van der Waals surface area contributed by atoms with Gasteiger partial charge in [0.2, 0.25) is 0 Å². The molecule has 3 aromatic rings. The normalized spacial score (nSPS) is 12.0. The quantitative estimate of drug-likeness (QED) is 0.735. The predicted molar refractivity (Wildman–Crippen MR) is 93.4 cm³/mol. The Balaban J connectivity index is 1.66. The molecule has 6 nitrogen and oxygen atoms in total. The van der Waals surface area contributed by atoms with Gasteiger partial charge in [-0.3, -0.25) is 4.79 Å². The van der Waals surface area contributed by atoms with Gasteiger partial charge in [0.25, 0.3) is 5.91 Å². The van der Waals surface area contributed by atoms with E-state index < -0.39 is 12.1 Å². The van der Waals surface area contributed by atoms with Gasteiger partial charge in [-0.05, 0) is 62.2 Å². The molecule has 128 valence electrons. The lowest BCUT2D eigenvalue weighted by atomic mass is 10.1. The molecule has 2 aromatic carbocycles. The molecule has 0 saturated heterocycles. The molecule has 6 heteroatoms. The molecule has 0 bridgehead atoms. The average Bonchev–Trinajstić information content (AvgIpc) is 3.01. The van der Waals surface area contributed by atoms with E-state index in [1.807, 2.05) is 32.0 Å². The number of oxazole rings is 1. The first-order valence-electron chi connectivity index (χ1n) is 7.86. The Morgan fingerprint density at radius 1 is 1.12 bits per heavy atom. The number of carbonyl (C=O) groups excluding carboxylic acids is 2. The van der Waals surface area contributed by atoms with Gasteiger partial charge in [0.15, 0.2) is 18.1 Å². The highest BCUT2D eigenvalue weighted by atomic mass is 16.5. The molecule has 1 amide bonds. The summed E-state index contributed by atoms with van der Waals surface area (Å²) in [5, 5.41) is 2.76. The van der Waals surface area contributed by atoms with Crippen molar-refractivity contribution in [2.24, 2.45) is 0 Å². The number of anilines is 1. The smallest absolute Gasteiger partial charge is 0.339 e. The van der Waals surface area contributed by atoms with Gasteiger partial charge in [0.05, 0.1) is 5.56 Å². The molecule has 0 aliphatic carbocycles. The summed E-state index contributed by atoms with van der Waals surface area (Å²) in [7, 11) is 0. The first-order chi connectivity index (χ1) is 11.9. The number of hydrogen-bond donors (Lipinski definition) is 1. The summed E-state index contributed by atoms with van der Waals surface area (Å²) in [5.41, 5.74) is 4.20. The molecule has 3 rings (SSSR count). The van der Waals surface area contributed by atoms with Crippen LogP contribution in [-0.2, 0) is 9.53 Å². The van der Waals surface area contributed by atoms with E-state index in [0.717, 1.165) is 11.1 Å². The highest BCUT2D eigenvalue weighted by molar-refractivity contribution is 5.98. The van der Waals surface area contributed by atoms with Gasteiger partial charge in [-0.15, -0.1) is 0 Å². The van der Waals surface area contributed by atoms with E-state index in [2.05, 4.69) is 10.3 Å². The van der Waals surface area contributed by atoms with Crippen LogP contribution in [0.2, 0.25) is 0 Å². The number of fused-ring (bicyclic) bond motifs is 1. The van der Waals surface area contributed by atoms with Crippen LogP contribution in [0.3, 0.4) is 0 Å². The Kier molecular flexibility index (Phi) is 4.52. The predicted octanol–water partition coefficient (Wildman–Crippen LogP) is 3.63. The highest BCUT2D eigenvalue weighted by Crippen LogP contribution is 2.17. The average molecular weight is 338 g/mol. The van der Waals surface area contributed by atoms with Crippen LogP contribution in [0.1, 0.15) is 28.4 Å². The molecule has 0 saturated carbocycles. The van der Waals surface area contributed by atoms with Crippen molar-refractivity contribution in [1.82, 2.24) is 4.98 Å². The number of esters is 1. The molecule has 0 fully saturated rings. The molecular weight excluding hydrogens is 320 g/mol. The van der Waals surface area contributed by atoms with Gasteiger partial charge in [0, 0.05) is 5.69 Å². The number of ether oxygens (including phenoxy) is 1. The molecule has 0 aliphatic heterocycles. The van der Waals surface area contributed by atoms with Crippen molar-refractivity contribution in [1.29, 1.82) is 0 Å². The van der Waals surface area contributed by atoms with Crippen LogP contribution in [0.4, 0.5) is 5.69 Å². The van der Waals surface area contributed by atoms with Crippen molar-refractivity contribution in [2.45, 2.75) is 26.9 Å². The number of nitrogens with zero attached hydrogens (tertiary/aromatic N) is 1.